The molecule has 3 N–H and O–H groups in total. The Labute approximate surface area is 150 Å². The van der Waals surface area contributed by atoms with Crippen LogP contribution < -0.4 is 11.1 Å². The van der Waals surface area contributed by atoms with E-state index in [1.807, 2.05) is 0 Å². The molecule has 2 aliphatic heterocycles. The Balaban J connectivity index is 1.91. The molecule has 6 nitrogen and oxygen atoms in total. The Morgan fingerprint density at radius 2 is 2.08 bits per heavy atom. The SMILES string of the molecule is CC(C)(COC1N=CC=CC1(OC(F)(F)F)[C@H]1CNCC12CC2)C(N)=O. The van der Waals surface area contributed by atoms with Gasteiger partial charge in [0.25, 0.3) is 0 Å². The number of rotatable bonds is 6. The summed E-state index contributed by atoms with van der Waals surface area (Å²) >= 11 is 0. The van der Waals surface area contributed by atoms with Crippen LogP contribution in [0.25, 0.3) is 0 Å². The number of nitrogens with zero attached hydrogens (tertiary/aromatic N) is 1. The Morgan fingerprint density at radius 1 is 1.38 bits per heavy atom. The van der Waals surface area contributed by atoms with Gasteiger partial charge in [0.2, 0.25) is 5.91 Å². The fourth-order valence-corrected chi connectivity index (χ4v) is 3.83. The maximum Gasteiger partial charge on any atom is 0.523 e. The van der Waals surface area contributed by atoms with Gasteiger partial charge in [0.15, 0.2) is 6.23 Å². The predicted octanol–water partition coefficient (Wildman–Crippen LogP) is 1.76. The summed E-state index contributed by atoms with van der Waals surface area (Å²) in [6.45, 7) is 4.02. The second kappa shape index (κ2) is 6.31. The van der Waals surface area contributed by atoms with Crippen LogP contribution in [0.5, 0.6) is 0 Å². The number of nitrogens with one attached hydrogen (secondary N) is 1. The molecular weight excluding hydrogens is 351 g/mol. The molecule has 1 spiro atoms. The van der Waals surface area contributed by atoms with Crippen molar-refractivity contribution in [3.05, 3.63) is 12.2 Å². The molecule has 3 aliphatic rings. The normalized spacial score (nSPS) is 33.0. The number of dihydropyridines is 1. The summed E-state index contributed by atoms with van der Waals surface area (Å²) in [4.78, 5) is 15.7. The number of alkyl halides is 3. The van der Waals surface area contributed by atoms with Gasteiger partial charge < -0.3 is 15.8 Å². The molecule has 1 saturated heterocycles. The molecule has 26 heavy (non-hydrogen) atoms. The van der Waals surface area contributed by atoms with E-state index in [-0.39, 0.29) is 12.0 Å². The molecule has 0 aromatic carbocycles. The molecule has 1 aliphatic carbocycles. The Bertz CT molecular complexity index is 628. The summed E-state index contributed by atoms with van der Waals surface area (Å²) in [6.07, 6.45) is -0.143. The van der Waals surface area contributed by atoms with Gasteiger partial charge in [-0.25, -0.2) is 0 Å². The van der Waals surface area contributed by atoms with Gasteiger partial charge in [0, 0.05) is 25.2 Å². The largest absolute Gasteiger partial charge is 0.523 e. The summed E-state index contributed by atoms with van der Waals surface area (Å²) < 4.78 is 50.4. The number of aliphatic imine (C=N–C) groups is 1. The number of hydrogen-bond donors (Lipinski definition) is 2. The van der Waals surface area contributed by atoms with E-state index in [2.05, 4.69) is 15.0 Å². The van der Waals surface area contributed by atoms with Crippen LogP contribution >= 0.6 is 0 Å². The summed E-state index contributed by atoms with van der Waals surface area (Å²) in [5.74, 6) is -1.04. The van der Waals surface area contributed by atoms with E-state index in [0.29, 0.717) is 13.1 Å². The van der Waals surface area contributed by atoms with Gasteiger partial charge in [-0.1, -0.05) is 0 Å². The summed E-state index contributed by atoms with van der Waals surface area (Å²) in [7, 11) is 0. The van der Waals surface area contributed by atoms with Gasteiger partial charge in [-0.15, -0.1) is 13.2 Å². The van der Waals surface area contributed by atoms with Gasteiger partial charge in [0.05, 0.1) is 12.0 Å². The molecule has 2 heterocycles. The standard InChI is InChI=1S/C17H24F3N3O3/c1-14(2,12(21)24)10-25-13-16(4-3-7-23-13,26-17(18,19)20)11-8-22-9-15(11)5-6-15/h3-4,7,11,13,22H,5-6,8-10H2,1-2H3,(H2,21,24)/t11-,13?,16?/m0/s1. The molecule has 3 rings (SSSR count). The smallest absolute Gasteiger partial charge is 0.369 e. The fraction of sp³-hybridized carbons (Fsp3) is 0.765. The van der Waals surface area contributed by atoms with Crippen LogP contribution in [0.1, 0.15) is 26.7 Å². The number of nitrogens with two attached hydrogens (primary N) is 1. The minimum Gasteiger partial charge on any atom is -0.369 e. The van der Waals surface area contributed by atoms with Gasteiger partial charge >= 0.3 is 6.36 Å². The monoisotopic (exact) mass is 375 g/mol. The third-order valence-corrected chi connectivity index (χ3v) is 5.61. The van der Waals surface area contributed by atoms with Crippen LogP contribution in [0.3, 0.4) is 0 Å². The zero-order chi connectivity index (χ0) is 19.2. The van der Waals surface area contributed by atoms with Crippen LogP contribution in [-0.2, 0) is 14.3 Å². The van der Waals surface area contributed by atoms with Crippen molar-refractivity contribution in [1.29, 1.82) is 0 Å². The van der Waals surface area contributed by atoms with Gasteiger partial charge in [-0.3, -0.25) is 14.5 Å². The Kier molecular flexibility index (Phi) is 4.69. The first kappa shape index (κ1) is 19.3. The van der Waals surface area contributed by atoms with Crippen molar-refractivity contribution < 1.29 is 27.4 Å². The van der Waals surface area contributed by atoms with Crippen molar-refractivity contribution in [3.63, 3.8) is 0 Å². The lowest BCUT2D eigenvalue weighted by Crippen LogP contribution is -2.57. The number of ether oxygens (including phenoxy) is 2. The highest BCUT2D eigenvalue weighted by molar-refractivity contribution is 5.80. The van der Waals surface area contributed by atoms with Crippen LogP contribution in [0, 0.1) is 16.7 Å². The highest BCUT2D eigenvalue weighted by atomic mass is 19.4. The number of carbonyl (C=O) groups excluding carboxylic acids is 1. The van der Waals surface area contributed by atoms with E-state index in [4.69, 9.17) is 10.5 Å². The topological polar surface area (TPSA) is 85.9 Å². The zero-order valence-corrected chi connectivity index (χ0v) is 14.8. The lowest BCUT2D eigenvalue weighted by molar-refractivity contribution is -0.381. The van der Waals surface area contributed by atoms with Crippen molar-refractivity contribution in [2.75, 3.05) is 19.7 Å². The number of primary amides is 1. The van der Waals surface area contributed by atoms with Crippen LogP contribution in [0.15, 0.2) is 17.1 Å². The molecule has 2 fully saturated rings. The van der Waals surface area contributed by atoms with E-state index >= 15 is 0 Å². The zero-order valence-electron chi connectivity index (χ0n) is 14.8. The van der Waals surface area contributed by atoms with Crippen molar-refractivity contribution >= 4 is 12.1 Å². The molecular formula is C17H24F3N3O3. The molecule has 3 atom stereocenters. The van der Waals surface area contributed by atoms with E-state index in [9.17, 15) is 18.0 Å². The minimum absolute atomic E-state index is 0.158. The summed E-state index contributed by atoms with van der Waals surface area (Å²) in [5, 5.41) is 3.18. The molecule has 146 valence electrons. The third-order valence-electron chi connectivity index (χ3n) is 5.61. The van der Waals surface area contributed by atoms with Crippen molar-refractivity contribution in [2.24, 2.45) is 27.5 Å². The molecule has 1 amide bonds. The first-order valence-electron chi connectivity index (χ1n) is 8.61. The molecule has 0 aromatic heterocycles. The average Bonchev–Trinajstić information content (AvgIpc) is 3.15. The van der Waals surface area contributed by atoms with E-state index in [0.717, 1.165) is 12.8 Å². The van der Waals surface area contributed by atoms with E-state index in [1.54, 1.807) is 13.8 Å². The van der Waals surface area contributed by atoms with Gasteiger partial charge in [-0.2, -0.15) is 0 Å². The molecule has 2 unspecified atom stereocenters. The highest BCUT2D eigenvalue weighted by Gasteiger charge is 2.65. The number of halogens is 3. The highest BCUT2D eigenvalue weighted by Crippen LogP contribution is 2.60. The second-order valence-corrected chi connectivity index (χ2v) is 8.02. The average molecular weight is 375 g/mol. The quantitative estimate of drug-likeness (QED) is 0.741. The number of amides is 1. The van der Waals surface area contributed by atoms with Crippen LogP contribution in [-0.4, -0.2) is 50.0 Å². The maximum atomic E-state index is 13.3. The summed E-state index contributed by atoms with van der Waals surface area (Å²) in [5.41, 5.74) is 2.29. The molecule has 0 bridgehead atoms. The van der Waals surface area contributed by atoms with Crippen molar-refractivity contribution in [2.45, 2.75) is 44.9 Å². The molecule has 1 saturated carbocycles. The lowest BCUT2D eigenvalue weighted by Gasteiger charge is -2.44. The van der Waals surface area contributed by atoms with Crippen LogP contribution in [0.4, 0.5) is 13.2 Å². The minimum atomic E-state index is -4.85. The number of carbonyl (C=O) groups is 1. The lowest BCUT2D eigenvalue weighted by atomic mass is 9.75. The Hall–Kier alpha value is -1.45. The molecule has 9 heteroatoms. The van der Waals surface area contributed by atoms with Gasteiger partial charge in [-0.05, 0) is 44.3 Å². The Morgan fingerprint density at radius 3 is 2.65 bits per heavy atom. The van der Waals surface area contributed by atoms with Gasteiger partial charge in [0.1, 0.15) is 5.60 Å². The van der Waals surface area contributed by atoms with Crippen LogP contribution in [0.2, 0.25) is 0 Å². The first-order chi connectivity index (χ1) is 12.0. The first-order valence-corrected chi connectivity index (χ1v) is 8.61. The third kappa shape index (κ3) is 3.52. The second-order valence-electron chi connectivity index (χ2n) is 8.02. The fourth-order valence-electron chi connectivity index (χ4n) is 3.83. The maximum absolute atomic E-state index is 13.3. The number of allylic oxidation sites excluding steroid dienone is 1. The van der Waals surface area contributed by atoms with Crippen molar-refractivity contribution in [1.82, 2.24) is 5.32 Å². The van der Waals surface area contributed by atoms with E-state index < -0.39 is 35.4 Å². The van der Waals surface area contributed by atoms with Crippen molar-refractivity contribution in [3.8, 4) is 0 Å². The number of hydrogen-bond acceptors (Lipinski definition) is 5. The molecule has 0 radical (unpaired) electrons. The summed E-state index contributed by atoms with van der Waals surface area (Å²) in [6, 6.07) is 0. The molecule has 0 aromatic rings. The predicted molar refractivity (Wildman–Crippen MR) is 88.2 cm³/mol. The van der Waals surface area contributed by atoms with E-state index in [1.165, 1.54) is 18.4 Å².